The number of nitrogens with two attached hydrogens (primary N) is 1. The van der Waals surface area contributed by atoms with Crippen molar-refractivity contribution >= 4 is 10.8 Å². The van der Waals surface area contributed by atoms with Crippen molar-refractivity contribution in [2.75, 3.05) is 7.11 Å². The molecule has 0 fully saturated rings. The average Bonchev–Trinajstić information content (AvgIpc) is 3.10. The smallest absolute Gasteiger partial charge is 0.244 e. The van der Waals surface area contributed by atoms with Crippen LogP contribution in [0.15, 0.2) is 47.9 Å². The van der Waals surface area contributed by atoms with E-state index in [0.29, 0.717) is 17.2 Å². The summed E-state index contributed by atoms with van der Waals surface area (Å²) >= 11 is 0. The summed E-state index contributed by atoms with van der Waals surface area (Å²) < 4.78 is 11.4. The summed E-state index contributed by atoms with van der Waals surface area (Å²) in [5.41, 5.74) is 8.87. The Labute approximate surface area is 163 Å². The summed E-state index contributed by atoms with van der Waals surface area (Å²) in [6.45, 7) is 6.27. The van der Waals surface area contributed by atoms with E-state index in [9.17, 15) is 5.26 Å². The van der Waals surface area contributed by atoms with Gasteiger partial charge < -0.3 is 15.2 Å². The Hall–Kier alpha value is -3.46. The molecule has 1 aliphatic rings. The minimum absolute atomic E-state index is 0.0712. The molecule has 6 heteroatoms. The van der Waals surface area contributed by atoms with Crippen LogP contribution in [-0.4, -0.2) is 17.3 Å². The Bertz CT molecular complexity index is 1150. The molecule has 4 rings (SSSR count). The van der Waals surface area contributed by atoms with Crippen molar-refractivity contribution in [1.82, 2.24) is 10.2 Å². The minimum atomic E-state index is -0.442. The molecule has 2 aromatic carbocycles. The maximum Gasteiger partial charge on any atom is 0.244 e. The number of benzene rings is 2. The van der Waals surface area contributed by atoms with E-state index in [1.807, 2.05) is 36.4 Å². The number of methoxy groups -OCH3 is 1. The van der Waals surface area contributed by atoms with E-state index in [-0.39, 0.29) is 11.3 Å². The van der Waals surface area contributed by atoms with Crippen LogP contribution >= 0.6 is 0 Å². The molecule has 1 atom stereocenters. The van der Waals surface area contributed by atoms with Gasteiger partial charge in [-0.25, -0.2) is 0 Å². The van der Waals surface area contributed by atoms with Crippen molar-refractivity contribution in [2.45, 2.75) is 32.1 Å². The summed E-state index contributed by atoms with van der Waals surface area (Å²) in [4.78, 5) is 0. The standard InChI is InChI=1S/C22H22N4O2/c1-22(2,3)19-18-17(14(11-23)20(24)28-21(18)26-25-19)16-13-8-6-5-7-12(13)9-10-15(16)27-4/h5-10,17H,24H2,1-4H3,(H,25,26)/t17-/m0/s1. The van der Waals surface area contributed by atoms with Crippen molar-refractivity contribution in [3.63, 3.8) is 0 Å². The molecule has 0 bridgehead atoms. The number of nitrogens with one attached hydrogen (secondary N) is 1. The summed E-state index contributed by atoms with van der Waals surface area (Å²) in [5.74, 6) is 0.726. The van der Waals surface area contributed by atoms with Gasteiger partial charge in [0, 0.05) is 16.7 Å². The fourth-order valence-corrected chi connectivity index (χ4v) is 3.86. The number of hydrogen-bond acceptors (Lipinski definition) is 5. The molecule has 0 amide bonds. The lowest BCUT2D eigenvalue weighted by atomic mass is 9.77. The van der Waals surface area contributed by atoms with E-state index < -0.39 is 5.92 Å². The fraction of sp³-hybridized carbons (Fsp3) is 0.273. The van der Waals surface area contributed by atoms with Crippen molar-refractivity contribution in [3.05, 3.63) is 64.7 Å². The van der Waals surface area contributed by atoms with Crippen LogP contribution in [0, 0.1) is 11.3 Å². The lowest BCUT2D eigenvalue weighted by Gasteiger charge is -2.29. The van der Waals surface area contributed by atoms with Crippen molar-refractivity contribution < 1.29 is 9.47 Å². The zero-order valence-corrected chi connectivity index (χ0v) is 16.3. The van der Waals surface area contributed by atoms with Crippen LogP contribution in [0.2, 0.25) is 0 Å². The van der Waals surface area contributed by atoms with Gasteiger partial charge in [-0.15, -0.1) is 5.10 Å². The lowest BCUT2D eigenvalue weighted by Crippen LogP contribution is -2.24. The highest BCUT2D eigenvalue weighted by molar-refractivity contribution is 5.90. The molecule has 0 saturated carbocycles. The fourth-order valence-electron chi connectivity index (χ4n) is 3.86. The summed E-state index contributed by atoms with van der Waals surface area (Å²) in [5, 5.41) is 19.4. The van der Waals surface area contributed by atoms with Crippen LogP contribution < -0.4 is 15.2 Å². The first-order valence-corrected chi connectivity index (χ1v) is 9.08. The molecule has 2 heterocycles. The summed E-state index contributed by atoms with van der Waals surface area (Å²) in [6.07, 6.45) is 0. The Morgan fingerprint density at radius 3 is 2.61 bits per heavy atom. The van der Waals surface area contributed by atoms with Crippen molar-refractivity contribution in [3.8, 4) is 17.7 Å². The Morgan fingerprint density at radius 2 is 1.93 bits per heavy atom. The van der Waals surface area contributed by atoms with Crippen LogP contribution in [0.3, 0.4) is 0 Å². The molecule has 0 spiro atoms. The zero-order valence-electron chi connectivity index (χ0n) is 16.3. The molecule has 6 nitrogen and oxygen atoms in total. The zero-order chi connectivity index (χ0) is 20.1. The maximum atomic E-state index is 9.95. The molecule has 3 aromatic rings. The molecule has 0 unspecified atom stereocenters. The van der Waals surface area contributed by atoms with Gasteiger partial charge in [0.05, 0.1) is 18.6 Å². The molecule has 0 saturated heterocycles. The number of H-pyrrole nitrogens is 1. The summed E-state index contributed by atoms with van der Waals surface area (Å²) in [6, 6.07) is 14.2. The first-order valence-electron chi connectivity index (χ1n) is 9.08. The van der Waals surface area contributed by atoms with Gasteiger partial charge in [-0.1, -0.05) is 51.1 Å². The lowest BCUT2D eigenvalue weighted by molar-refractivity contribution is 0.374. The molecule has 0 aliphatic carbocycles. The molecule has 1 aliphatic heterocycles. The number of fused-ring (bicyclic) bond motifs is 2. The molecule has 0 radical (unpaired) electrons. The van der Waals surface area contributed by atoms with Gasteiger partial charge in [-0.2, -0.15) is 5.26 Å². The van der Waals surface area contributed by atoms with E-state index >= 15 is 0 Å². The van der Waals surface area contributed by atoms with E-state index in [2.05, 4.69) is 37.0 Å². The van der Waals surface area contributed by atoms with Crippen LogP contribution in [0.1, 0.15) is 43.5 Å². The third kappa shape index (κ3) is 2.59. The molecular formula is C22H22N4O2. The van der Waals surface area contributed by atoms with Gasteiger partial charge >= 0.3 is 0 Å². The van der Waals surface area contributed by atoms with Gasteiger partial charge in [0.15, 0.2) is 0 Å². The van der Waals surface area contributed by atoms with Gasteiger partial charge in [-0.05, 0) is 16.8 Å². The highest BCUT2D eigenvalue weighted by Crippen LogP contribution is 2.49. The third-order valence-corrected chi connectivity index (χ3v) is 5.13. The van der Waals surface area contributed by atoms with E-state index in [0.717, 1.165) is 27.6 Å². The molecule has 1 aromatic heterocycles. The highest BCUT2D eigenvalue weighted by atomic mass is 16.5. The normalized spacial score (nSPS) is 16.5. The Morgan fingerprint density at radius 1 is 1.18 bits per heavy atom. The van der Waals surface area contributed by atoms with Crippen molar-refractivity contribution in [2.24, 2.45) is 5.73 Å². The van der Waals surface area contributed by atoms with Crippen LogP contribution in [-0.2, 0) is 5.41 Å². The number of hydrogen-bond donors (Lipinski definition) is 2. The number of aromatic amines is 1. The quantitative estimate of drug-likeness (QED) is 0.704. The number of rotatable bonds is 2. The molecule has 28 heavy (non-hydrogen) atoms. The predicted molar refractivity (Wildman–Crippen MR) is 107 cm³/mol. The van der Waals surface area contributed by atoms with Crippen LogP contribution in [0.4, 0.5) is 0 Å². The highest BCUT2D eigenvalue weighted by Gasteiger charge is 2.39. The number of allylic oxidation sites excluding steroid dienone is 1. The van der Waals surface area contributed by atoms with Crippen molar-refractivity contribution in [1.29, 1.82) is 5.26 Å². The predicted octanol–water partition coefficient (Wildman–Crippen LogP) is 4.09. The van der Waals surface area contributed by atoms with Gasteiger partial charge in [-0.3, -0.25) is 5.10 Å². The number of aromatic nitrogens is 2. The molecule has 142 valence electrons. The largest absolute Gasteiger partial charge is 0.496 e. The van der Waals surface area contributed by atoms with Gasteiger partial charge in [0.2, 0.25) is 11.8 Å². The SMILES string of the molecule is COc1ccc2ccccc2c1[C@@H]1C(C#N)=C(N)Oc2n[nH]c(C(C)(C)C)c21. The van der Waals surface area contributed by atoms with Gasteiger partial charge in [0.1, 0.15) is 17.4 Å². The van der Waals surface area contributed by atoms with Crippen LogP contribution in [0.5, 0.6) is 11.6 Å². The van der Waals surface area contributed by atoms with E-state index in [1.165, 1.54) is 0 Å². The monoisotopic (exact) mass is 374 g/mol. The summed E-state index contributed by atoms with van der Waals surface area (Å²) in [7, 11) is 1.63. The van der Waals surface area contributed by atoms with E-state index in [1.54, 1.807) is 7.11 Å². The Balaban J connectivity index is 2.12. The number of nitrogens with zero attached hydrogens (tertiary/aromatic N) is 2. The number of nitriles is 1. The second kappa shape index (κ2) is 6.31. The maximum absolute atomic E-state index is 9.95. The second-order valence-corrected chi connectivity index (χ2v) is 7.89. The first-order chi connectivity index (χ1) is 13.4. The Kier molecular flexibility index (Phi) is 4.04. The topological polar surface area (TPSA) is 96.9 Å². The number of ether oxygens (including phenoxy) is 2. The third-order valence-electron chi connectivity index (χ3n) is 5.13. The van der Waals surface area contributed by atoms with Crippen LogP contribution in [0.25, 0.3) is 10.8 Å². The molecule has 3 N–H and O–H groups in total. The van der Waals surface area contributed by atoms with Gasteiger partial charge in [0.25, 0.3) is 0 Å². The molecular weight excluding hydrogens is 352 g/mol. The second-order valence-electron chi connectivity index (χ2n) is 7.89. The first kappa shape index (κ1) is 17.9. The minimum Gasteiger partial charge on any atom is -0.496 e. The average molecular weight is 374 g/mol. The van der Waals surface area contributed by atoms with E-state index in [4.69, 9.17) is 15.2 Å².